The largest absolute Gasteiger partial charge is 0.481 e. The number of rotatable bonds is 5. The number of likely N-dealkylation sites (tertiary alicyclic amines) is 1. The van der Waals surface area contributed by atoms with E-state index >= 15 is 0 Å². The molecular formula is C16H19Cl2NO3. The number of carbonyl (C=O) groups is 2. The zero-order valence-corrected chi connectivity index (χ0v) is 13.9. The molecule has 1 aliphatic heterocycles. The van der Waals surface area contributed by atoms with Gasteiger partial charge in [-0.2, -0.15) is 0 Å². The molecule has 1 aliphatic rings. The average Bonchev–Trinajstić information content (AvgIpc) is 2.88. The van der Waals surface area contributed by atoms with Gasteiger partial charge < -0.3 is 10.0 Å². The molecule has 0 aliphatic carbocycles. The van der Waals surface area contributed by atoms with E-state index in [4.69, 9.17) is 28.3 Å². The summed E-state index contributed by atoms with van der Waals surface area (Å²) in [7, 11) is 0. The SMILES string of the molecule is CC(Cc1ccc(Cl)cc1Cl)C(=O)N1CCCC1CC(=O)O. The number of nitrogens with zero attached hydrogens (tertiary/aromatic N) is 1. The van der Waals surface area contributed by atoms with Gasteiger partial charge in [-0.1, -0.05) is 36.2 Å². The number of carboxylic acid groups (broad SMARTS) is 1. The van der Waals surface area contributed by atoms with Crippen LogP contribution in [-0.2, 0) is 16.0 Å². The summed E-state index contributed by atoms with van der Waals surface area (Å²) in [5.41, 5.74) is 0.876. The Bertz CT molecular complexity index is 577. The number of hydrogen-bond acceptors (Lipinski definition) is 2. The Morgan fingerprint density at radius 2 is 2.14 bits per heavy atom. The second-order valence-corrected chi connectivity index (χ2v) is 6.61. The highest BCUT2D eigenvalue weighted by Crippen LogP contribution is 2.26. The maximum absolute atomic E-state index is 12.6. The fraction of sp³-hybridized carbons (Fsp3) is 0.500. The van der Waals surface area contributed by atoms with E-state index in [0.717, 1.165) is 18.4 Å². The van der Waals surface area contributed by atoms with Crippen molar-refractivity contribution in [1.82, 2.24) is 4.90 Å². The predicted molar refractivity (Wildman–Crippen MR) is 86.3 cm³/mol. The number of carbonyl (C=O) groups excluding carboxylic acids is 1. The molecule has 1 fully saturated rings. The van der Waals surface area contributed by atoms with Crippen LogP contribution in [0.2, 0.25) is 10.0 Å². The van der Waals surface area contributed by atoms with Crippen molar-refractivity contribution >= 4 is 35.1 Å². The zero-order valence-electron chi connectivity index (χ0n) is 12.4. The molecule has 0 spiro atoms. The molecule has 2 unspecified atom stereocenters. The third kappa shape index (κ3) is 4.14. The monoisotopic (exact) mass is 343 g/mol. The van der Waals surface area contributed by atoms with Gasteiger partial charge in [0.15, 0.2) is 0 Å². The fourth-order valence-corrected chi connectivity index (χ4v) is 3.41. The predicted octanol–water partition coefficient (Wildman–Crippen LogP) is 3.64. The van der Waals surface area contributed by atoms with E-state index < -0.39 is 5.97 Å². The zero-order chi connectivity index (χ0) is 16.3. The van der Waals surface area contributed by atoms with Crippen molar-refractivity contribution in [2.45, 2.75) is 38.6 Å². The third-order valence-corrected chi connectivity index (χ3v) is 4.62. The highest BCUT2D eigenvalue weighted by Gasteiger charge is 2.32. The van der Waals surface area contributed by atoms with Crippen LogP contribution in [-0.4, -0.2) is 34.5 Å². The normalized spacial score (nSPS) is 19.2. The van der Waals surface area contributed by atoms with Crippen LogP contribution in [0.4, 0.5) is 0 Å². The molecule has 0 bridgehead atoms. The highest BCUT2D eigenvalue weighted by atomic mass is 35.5. The van der Waals surface area contributed by atoms with Crippen LogP contribution < -0.4 is 0 Å². The molecule has 1 heterocycles. The van der Waals surface area contributed by atoms with Crippen molar-refractivity contribution < 1.29 is 14.7 Å². The summed E-state index contributed by atoms with van der Waals surface area (Å²) in [4.78, 5) is 25.2. The van der Waals surface area contributed by atoms with Gasteiger partial charge in [0.1, 0.15) is 0 Å². The molecule has 4 nitrogen and oxygen atoms in total. The minimum Gasteiger partial charge on any atom is -0.481 e. The van der Waals surface area contributed by atoms with Crippen molar-refractivity contribution in [2.24, 2.45) is 5.92 Å². The van der Waals surface area contributed by atoms with Gasteiger partial charge >= 0.3 is 5.97 Å². The van der Waals surface area contributed by atoms with Crippen LogP contribution in [0.5, 0.6) is 0 Å². The number of benzene rings is 1. The van der Waals surface area contributed by atoms with Gasteiger partial charge in [0.25, 0.3) is 0 Å². The van der Waals surface area contributed by atoms with Gasteiger partial charge in [-0.25, -0.2) is 0 Å². The lowest BCUT2D eigenvalue weighted by Gasteiger charge is -2.26. The first kappa shape index (κ1) is 17.1. The van der Waals surface area contributed by atoms with Crippen LogP contribution in [0.3, 0.4) is 0 Å². The Morgan fingerprint density at radius 1 is 1.41 bits per heavy atom. The van der Waals surface area contributed by atoms with Gasteiger partial charge in [-0.05, 0) is 37.0 Å². The summed E-state index contributed by atoms with van der Waals surface area (Å²) in [6, 6.07) is 5.06. The molecule has 6 heteroatoms. The van der Waals surface area contributed by atoms with Gasteiger partial charge in [0.05, 0.1) is 6.42 Å². The Balaban J connectivity index is 2.03. The number of amides is 1. The van der Waals surface area contributed by atoms with Gasteiger partial charge in [0, 0.05) is 28.5 Å². The molecule has 0 aromatic heterocycles. The van der Waals surface area contributed by atoms with Gasteiger partial charge in [-0.15, -0.1) is 0 Å². The first-order valence-electron chi connectivity index (χ1n) is 7.34. The molecule has 1 aromatic carbocycles. The van der Waals surface area contributed by atoms with Crippen molar-refractivity contribution in [3.05, 3.63) is 33.8 Å². The average molecular weight is 344 g/mol. The summed E-state index contributed by atoms with van der Waals surface area (Å²) >= 11 is 12.0. The first-order chi connectivity index (χ1) is 10.4. The quantitative estimate of drug-likeness (QED) is 0.887. The van der Waals surface area contributed by atoms with Crippen LogP contribution in [0.1, 0.15) is 31.7 Å². The summed E-state index contributed by atoms with van der Waals surface area (Å²) in [6.45, 7) is 2.49. The summed E-state index contributed by atoms with van der Waals surface area (Å²) < 4.78 is 0. The molecule has 2 rings (SSSR count). The Morgan fingerprint density at radius 3 is 2.77 bits per heavy atom. The second-order valence-electron chi connectivity index (χ2n) is 5.77. The van der Waals surface area contributed by atoms with E-state index in [2.05, 4.69) is 0 Å². The lowest BCUT2D eigenvalue weighted by molar-refractivity contribution is -0.141. The van der Waals surface area contributed by atoms with E-state index in [1.807, 2.05) is 13.0 Å². The van der Waals surface area contributed by atoms with Crippen LogP contribution in [0.15, 0.2) is 18.2 Å². The highest BCUT2D eigenvalue weighted by molar-refractivity contribution is 6.35. The van der Waals surface area contributed by atoms with E-state index in [1.54, 1.807) is 17.0 Å². The van der Waals surface area contributed by atoms with Crippen molar-refractivity contribution in [1.29, 1.82) is 0 Å². The van der Waals surface area contributed by atoms with E-state index in [0.29, 0.717) is 23.0 Å². The number of carboxylic acids is 1. The molecule has 1 N–H and O–H groups in total. The molecular weight excluding hydrogens is 325 g/mol. The number of aliphatic carboxylic acids is 1. The van der Waals surface area contributed by atoms with Gasteiger partial charge in [-0.3, -0.25) is 9.59 Å². The Labute approximate surface area is 140 Å². The minimum atomic E-state index is -0.863. The van der Waals surface area contributed by atoms with Crippen LogP contribution >= 0.6 is 23.2 Å². The Hall–Kier alpha value is -1.26. The maximum Gasteiger partial charge on any atom is 0.305 e. The maximum atomic E-state index is 12.6. The standard InChI is InChI=1S/C16H19Cl2NO3/c1-10(7-11-4-5-12(17)8-14(11)18)16(22)19-6-2-3-13(19)9-15(20)21/h4-5,8,10,13H,2-3,6-7,9H2,1H3,(H,20,21). The fourth-order valence-electron chi connectivity index (χ4n) is 2.93. The molecule has 2 atom stereocenters. The molecule has 1 amide bonds. The second kappa shape index (κ2) is 7.34. The lowest BCUT2D eigenvalue weighted by Crippen LogP contribution is -2.40. The minimum absolute atomic E-state index is 0.00485. The van der Waals surface area contributed by atoms with Crippen LogP contribution in [0.25, 0.3) is 0 Å². The molecule has 22 heavy (non-hydrogen) atoms. The third-order valence-electron chi connectivity index (χ3n) is 4.03. The lowest BCUT2D eigenvalue weighted by atomic mass is 9.99. The molecule has 0 radical (unpaired) electrons. The van der Waals surface area contributed by atoms with Crippen molar-refractivity contribution in [3.63, 3.8) is 0 Å². The van der Waals surface area contributed by atoms with Crippen molar-refractivity contribution in [2.75, 3.05) is 6.54 Å². The number of halogens is 2. The molecule has 1 aromatic rings. The van der Waals surface area contributed by atoms with E-state index in [1.165, 1.54) is 0 Å². The van der Waals surface area contributed by atoms with Crippen LogP contribution in [0, 0.1) is 5.92 Å². The first-order valence-corrected chi connectivity index (χ1v) is 8.10. The summed E-state index contributed by atoms with van der Waals surface area (Å²) in [5, 5.41) is 10.1. The van der Waals surface area contributed by atoms with E-state index in [-0.39, 0.29) is 24.3 Å². The van der Waals surface area contributed by atoms with E-state index in [9.17, 15) is 9.59 Å². The molecule has 0 saturated carbocycles. The summed E-state index contributed by atoms with van der Waals surface area (Å²) in [6.07, 6.45) is 2.15. The Kier molecular flexibility index (Phi) is 5.70. The molecule has 1 saturated heterocycles. The number of hydrogen-bond donors (Lipinski definition) is 1. The molecule has 120 valence electrons. The van der Waals surface area contributed by atoms with Crippen molar-refractivity contribution in [3.8, 4) is 0 Å². The topological polar surface area (TPSA) is 57.6 Å². The smallest absolute Gasteiger partial charge is 0.305 e. The van der Waals surface area contributed by atoms with Gasteiger partial charge in [0.2, 0.25) is 5.91 Å². The summed E-state index contributed by atoms with van der Waals surface area (Å²) in [5.74, 6) is -1.11.